The Hall–Kier alpha value is -1.88. The van der Waals surface area contributed by atoms with Crippen LogP contribution in [-0.2, 0) is 11.3 Å². The molecule has 2 aromatic rings. The first-order valence-corrected chi connectivity index (χ1v) is 7.33. The van der Waals surface area contributed by atoms with Crippen LogP contribution in [0.25, 0.3) is 0 Å². The van der Waals surface area contributed by atoms with Crippen LogP contribution in [0.1, 0.15) is 33.4 Å². The van der Waals surface area contributed by atoms with Crippen molar-refractivity contribution in [3.8, 4) is 0 Å². The van der Waals surface area contributed by atoms with E-state index in [1.54, 1.807) is 36.7 Å². The number of pyridine rings is 1. The van der Waals surface area contributed by atoms with Gasteiger partial charge < -0.3 is 9.30 Å². The van der Waals surface area contributed by atoms with Gasteiger partial charge in [-0.05, 0) is 37.8 Å². The van der Waals surface area contributed by atoms with E-state index in [9.17, 15) is 9.59 Å². The Bertz CT molecular complexity index is 671. The highest BCUT2D eigenvalue weighted by atomic mass is 32.1. The molecular formula is C15H17NO3S. The van der Waals surface area contributed by atoms with Gasteiger partial charge in [-0.25, -0.2) is 4.79 Å². The summed E-state index contributed by atoms with van der Waals surface area (Å²) in [6.45, 7) is 6.12. The lowest BCUT2D eigenvalue weighted by Crippen LogP contribution is -2.26. The van der Waals surface area contributed by atoms with Gasteiger partial charge >= 0.3 is 5.97 Å². The minimum Gasteiger partial charge on any atom is -0.462 e. The van der Waals surface area contributed by atoms with Gasteiger partial charge in [0.2, 0.25) is 0 Å². The van der Waals surface area contributed by atoms with Gasteiger partial charge in [0.05, 0.1) is 18.7 Å². The van der Waals surface area contributed by atoms with E-state index in [1.165, 1.54) is 6.07 Å². The molecule has 0 aliphatic rings. The summed E-state index contributed by atoms with van der Waals surface area (Å²) in [6, 6.07) is 5.41. The van der Waals surface area contributed by atoms with Crippen LogP contribution in [0.15, 0.2) is 28.4 Å². The van der Waals surface area contributed by atoms with Crippen LogP contribution in [0.2, 0.25) is 0 Å². The van der Waals surface area contributed by atoms with Crippen LogP contribution in [-0.4, -0.2) is 17.1 Å². The molecule has 0 aliphatic carbocycles. The zero-order chi connectivity index (χ0) is 14.7. The van der Waals surface area contributed by atoms with Crippen LogP contribution < -0.4 is 5.56 Å². The SMILES string of the molecule is CCOC(=O)c1c(C)cc(=O)n(Cc2cccs2)c1C. The van der Waals surface area contributed by atoms with Crippen LogP contribution in [0.5, 0.6) is 0 Å². The van der Waals surface area contributed by atoms with Crippen LogP contribution in [0.4, 0.5) is 0 Å². The molecule has 2 rings (SSSR count). The summed E-state index contributed by atoms with van der Waals surface area (Å²) in [4.78, 5) is 25.2. The second kappa shape index (κ2) is 6.05. The number of nitrogens with zero attached hydrogens (tertiary/aromatic N) is 1. The van der Waals surface area contributed by atoms with E-state index >= 15 is 0 Å². The van der Waals surface area contributed by atoms with E-state index in [-0.39, 0.29) is 11.5 Å². The van der Waals surface area contributed by atoms with Gasteiger partial charge in [-0.3, -0.25) is 4.79 Å². The fraction of sp³-hybridized carbons (Fsp3) is 0.333. The van der Waals surface area contributed by atoms with E-state index in [2.05, 4.69) is 0 Å². The molecule has 0 fully saturated rings. The second-order valence-electron chi connectivity index (χ2n) is 4.51. The number of rotatable bonds is 4. The number of aryl methyl sites for hydroxylation is 1. The summed E-state index contributed by atoms with van der Waals surface area (Å²) in [5.41, 5.74) is 1.71. The lowest BCUT2D eigenvalue weighted by atomic mass is 10.1. The number of thiophene rings is 1. The summed E-state index contributed by atoms with van der Waals surface area (Å²) in [7, 11) is 0. The molecule has 0 bridgehead atoms. The van der Waals surface area contributed by atoms with Gasteiger partial charge in [0.15, 0.2) is 0 Å². The highest BCUT2D eigenvalue weighted by molar-refractivity contribution is 7.09. The van der Waals surface area contributed by atoms with Gasteiger partial charge in [0.25, 0.3) is 5.56 Å². The van der Waals surface area contributed by atoms with Crippen molar-refractivity contribution in [2.45, 2.75) is 27.3 Å². The number of ether oxygens (including phenoxy) is 1. The van der Waals surface area contributed by atoms with Crippen molar-refractivity contribution in [2.75, 3.05) is 6.61 Å². The largest absolute Gasteiger partial charge is 0.462 e. The zero-order valence-electron chi connectivity index (χ0n) is 11.8. The molecule has 0 atom stereocenters. The number of carbonyl (C=O) groups excluding carboxylic acids is 1. The van der Waals surface area contributed by atoms with Gasteiger partial charge in [0, 0.05) is 16.6 Å². The van der Waals surface area contributed by atoms with Crippen molar-refractivity contribution >= 4 is 17.3 Å². The Morgan fingerprint density at radius 1 is 1.40 bits per heavy atom. The minimum absolute atomic E-state index is 0.0959. The first-order chi connectivity index (χ1) is 9.54. The molecule has 106 valence electrons. The Kier molecular flexibility index (Phi) is 4.39. The smallest absolute Gasteiger partial charge is 0.340 e. The zero-order valence-corrected chi connectivity index (χ0v) is 12.6. The van der Waals surface area contributed by atoms with Gasteiger partial charge in [-0.1, -0.05) is 6.07 Å². The lowest BCUT2D eigenvalue weighted by Gasteiger charge is -2.14. The third kappa shape index (κ3) is 2.82. The molecule has 0 amide bonds. The van der Waals surface area contributed by atoms with Crippen molar-refractivity contribution in [3.63, 3.8) is 0 Å². The fourth-order valence-corrected chi connectivity index (χ4v) is 2.88. The molecular weight excluding hydrogens is 274 g/mol. The molecule has 0 N–H and O–H groups in total. The second-order valence-corrected chi connectivity index (χ2v) is 5.54. The average molecular weight is 291 g/mol. The monoisotopic (exact) mass is 291 g/mol. The number of aromatic nitrogens is 1. The molecule has 0 aliphatic heterocycles. The van der Waals surface area contributed by atoms with Gasteiger partial charge in [0.1, 0.15) is 0 Å². The molecule has 20 heavy (non-hydrogen) atoms. The molecule has 0 spiro atoms. The van der Waals surface area contributed by atoms with E-state index < -0.39 is 0 Å². The number of hydrogen-bond acceptors (Lipinski definition) is 4. The first kappa shape index (κ1) is 14.5. The summed E-state index contributed by atoms with van der Waals surface area (Å²) >= 11 is 1.59. The van der Waals surface area contributed by atoms with Crippen LogP contribution >= 0.6 is 11.3 Å². The molecule has 2 aromatic heterocycles. The number of hydrogen-bond donors (Lipinski definition) is 0. The van der Waals surface area contributed by atoms with Crippen molar-refractivity contribution in [1.29, 1.82) is 0 Å². The predicted octanol–water partition coefficient (Wildman–Crippen LogP) is 2.75. The minimum atomic E-state index is -0.373. The molecule has 0 saturated heterocycles. The molecule has 0 unspecified atom stereocenters. The standard InChI is InChI=1S/C15H17NO3S/c1-4-19-15(18)14-10(2)8-13(17)16(11(14)3)9-12-6-5-7-20-12/h5-8H,4,9H2,1-3H3. The summed E-state index contributed by atoms with van der Waals surface area (Å²) in [5, 5.41) is 1.97. The maximum atomic E-state index is 12.1. The first-order valence-electron chi connectivity index (χ1n) is 6.45. The Balaban J connectivity index is 2.49. The summed E-state index contributed by atoms with van der Waals surface area (Å²) in [5.74, 6) is -0.373. The van der Waals surface area contributed by atoms with Crippen molar-refractivity contribution in [3.05, 3.63) is 55.6 Å². The van der Waals surface area contributed by atoms with Crippen molar-refractivity contribution < 1.29 is 9.53 Å². The number of esters is 1. The summed E-state index contributed by atoms with van der Waals surface area (Å²) in [6.07, 6.45) is 0. The third-order valence-corrected chi connectivity index (χ3v) is 4.00. The maximum absolute atomic E-state index is 12.1. The van der Waals surface area contributed by atoms with Crippen LogP contribution in [0, 0.1) is 13.8 Å². The maximum Gasteiger partial charge on any atom is 0.340 e. The van der Waals surface area contributed by atoms with E-state index in [1.807, 2.05) is 17.5 Å². The third-order valence-electron chi connectivity index (χ3n) is 3.14. The summed E-state index contributed by atoms with van der Waals surface area (Å²) < 4.78 is 6.68. The number of carbonyl (C=O) groups is 1. The Morgan fingerprint density at radius 2 is 2.15 bits per heavy atom. The molecule has 4 nitrogen and oxygen atoms in total. The fourth-order valence-electron chi connectivity index (χ4n) is 2.19. The molecule has 5 heteroatoms. The normalized spacial score (nSPS) is 10.6. The van der Waals surface area contributed by atoms with E-state index in [0.717, 1.165) is 4.88 Å². The van der Waals surface area contributed by atoms with E-state index in [4.69, 9.17) is 4.74 Å². The van der Waals surface area contributed by atoms with Crippen molar-refractivity contribution in [1.82, 2.24) is 4.57 Å². The van der Waals surface area contributed by atoms with Gasteiger partial charge in [-0.2, -0.15) is 0 Å². The van der Waals surface area contributed by atoms with Crippen molar-refractivity contribution in [2.24, 2.45) is 0 Å². The molecule has 0 saturated carbocycles. The van der Waals surface area contributed by atoms with Gasteiger partial charge in [-0.15, -0.1) is 11.3 Å². The highest BCUT2D eigenvalue weighted by Gasteiger charge is 2.17. The highest BCUT2D eigenvalue weighted by Crippen LogP contribution is 2.16. The topological polar surface area (TPSA) is 48.3 Å². The quantitative estimate of drug-likeness (QED) is 0.814. The Labute approximate surface area is 121 Å². The Morgan fingerprint density at radius 3 is 2.75 bits per heavy atom. The lowest BCUT2D eigenvalue weighted by molar-refractivity contribution is 0.0523. The molecule has 2 heterocycles. The molecule has 0 aromatic carbocycles. The molecule has 0 radical (unpaired) electrons. The van der Waals surface area contributed by atoms with Crippen LogP contribution in [0.3, 0.4) is 0 Å². The predicted molar refractivity (Wildman–Crippen MR) is 79.6 cm³/mol. The van der Waals surface area contributed by atoms with E-state index in [0.29, 0.717) is 30.0 Å². The average Bonchev–Trinajstić information content (AvgIpc) is 2.87.